The van der Waals surface area contributed by atoms with Crippen LogP contribution in [-0.4, -0.2) is 33.0 Å². The van der Waals surface area contributed by atoms with Crippen molar-refractivity contribution in [3.8, 4) is 0 Å². The normalized spacial score (nSPS) is 17.2. The Hall–Kier alpha value is -0.990. The predicted molar refractivity (Wildman–Crippen MR) is 75.1 cm³/mol. The summed E-state index contributed by atoms with van der Waals surface area (Å²) < 4.78 is 31.6. The van der Waals surface area contributed by atoms with E-state index in [0.717, 1.165) is 24.2 Å². The van der Waals surface area contributed by atoms with Crippen LogP contribution in [0.25, 0.3) is 0 Å². The molecule has 1 aromatic heterocycles. The first-order valence-electron chi connectivity index (χ1n) is 6.34. The van der Waals surface area contributed by atoms with Gasteiger partial charge in [-0.25, -0.2) is 22.9 Å². The Morgan fingerprint density at radius 1 is 1.55 bits per heavy atom. The van der Waals surface area contributed by atoms with E-state index in [1.54, 1.807) is 0 Å². The summed E-state index contributed by atoms with van der Waals surface area (Å²) in [5.41, 5.74) is 1.23. The number of carbonyl (C=O) groups is 1. The first-order valence-corrected chi connectivity index (χ1v) is 8.70. The van der Waals surface area contributed by atoms with Crippen LogP contribution < -0.4 is 4.72 Å². The van der Waals surface area contributed by atoms with Gasteiger partial charge in [0.2, 0.25) is 0 Å². The number of nitrogens with one attached hydrogen (secondary N) is 1. The molecule has 0 unspecified atom stereocenters. The third-order valence-corrected chi connectivity index (χ3v) is 6.66. The van der Waals surface area contributed by atoms with Crippen molar-refractivity contribution in [2.75, 3.05) is 13.7 Å². The van der Waals surface area contributed by atoms with Crippen molar-refractivity contribution < 1.29 is 17.9 Å². The minimum Gasteiger partial charge on any atom is -0.464 e. The first-order chi connectivity index (χ1) is 9.32. The minimum atomic E-state index is -3.72. The van der Waals surface area contributed by atoms with Gasteiger partial charge in [0.25, 0.3) is 10.0 Å². The minimum absolute atomic E-state index is 0.0587. The van der Waals surface area contributed by atoms with Gasteiger partial charge in [0.05, 0.1) is 12.6 Å². The lowest BCUT2D eigenvalue weighted by molar-refractivity contribution is 0.0590. The summed E-state index contributed by atoms with van der Waals surface area (Å²) in [6.07, 6.45) is 2.06. The van der Waals surface area contributed by atoms with Gasteiger partial charge in [-0.2, -0.15) is 0 Å². The maximum atomic E-state index is 12.3. The third kappa shape index (κ3) is 2.87. The Bertz CT molecular complexity index is 603. The van der Waals surface area contributed by atoms with E-state index in [2.05, 4.69) is 28.3 Å². The predicted octanol–water partition coefficient (Wildman–Crippen LogP) is 1.64. The lowest BCUT2D eigenvalue weighted by atomic mass is 9.93. The maximum absolute atomic E-state index is 12.3. The third-order valence-electron chi connectivity index (χ3n) is 3.89. The number of aromatic nitrogens is 1. The van der Waals surface area contributed by atoms with Gasteiger partial charge >= 0.3 is 5.97 Å². The summed E-state index contributed by atoms with van der Waals surface area (Å²) in [7, 11) is -2.53. The van der Waals surface area contributed by atoms with E-state index in [1.165, 1.54) is 12.6 Å². The molecule has 2 rings (SSSR count). The van der Waals surface area contributed by atoms with Crippen molar-refractivity contribution in [1.29, 1.82) is 0 Å². The van der Waals surface area contributed by atoms with Gasteiger partial charge in [-0.15, -0.1) is 11.3 Å². The Morgan fingerprint density at radius 2 is 2.20 bits per heavy atom. The molecule has 0 aliphatic heterocycles. The molecule has 1 aliphatic carbocycles. The molecule has 112 valence electrons. The molecule has 0 spiro atoms. The molecular formula is C12H18N2O4S2. The van der Waals surface area contributed by atoms with E-state index < -0.39 is 16.0 Å². The summed E-state index contributed by atoms with van der Waals surface area (Å²) >= 11 is 0.917. The Balaban J connectivity index is 2.15. The number of methoxy groups -OCH3 is 1. The molecule has 1 aliphatic rings. The largest absolute Gasteiger partial charge is 0.464 e. The van der Waals surface area contributed by atoms with E-state index >= 15 is 0 Å². The summed E-state index contributed by atoms with van der Waals surface area (Å²) in [4.78, 5) is 15.3. The molecule has 0 amide bonds. The van der Waals surface area contributed by atoms with Gasteiger partial charge in [-0.3, -0.25) is 0 Å². The van der Waals surface area contributed by atoms with Crippen molar-refractivity contribution in [3.05, 3.63) is 11.2 Å². The van der Waals surface area contributed by atoms with Gasteiger partial charge in [-0.1, -0.05) is 13.8 Å². The van der Waals surface area contributed by atoms with E-state index in [4.69, 9.17) is 0 Å². The highest BCUT2D eigenvalue weighted by molar-refractivity contribution is 7.91. The molecule has 20 heavy (non-hydrogen) atoms. The highest BCUT2D eigenvalue weighted by atomic mass is 32.2. The second-order valence-electron chi connectivity index (χ2n) is 5.32. The molecule has 1 heterocycles. The van der Waals surface area contributed by atoms with E-state index in [0.29, 0.717) is 12.5 Å². The van der Waals surface area contributed by atoms with E-state index in [-0.39, 0.29) is 15.3 Å². The average molecular weight is 318 g/mol. The Kier molecular flexibility index (Phi) is 4.17. The van der Waals surface area contributed by atoms with Gasteiger partial charge in [0.15, 0.2) is 9.90 Å². The van der Waals surface area contributed by atoms with Gasteiger partial charge in [0, 0.05) is 6.54 Å². The van der Waals surface area contributed by atoms with Crippen molar-refractivity contribution >= 4 is 27.3 Å². The molecule has 1 fully saturated rings. The zero-order valence-corrected chi connectivity index (χ0v) is 13.3. The highest BCUT2D eigenvalue weighted by Gasteiger charge is 2.46. The fourth-order valence-electron chi connectivity index (χ4n) is 2.08. The number of carbonyl (C=O) groups excluding carboxylic acids is 1. The number of esters is 1. The second kappa shape index (κ2) is 5.42. The number of nitrogens with zero attached hydrogens (tertiary/aromatic N) is 1. The van der Waals surface area contributed by atoms with Crippen LogP contribution in [0.15, 0.2) is 9.72 Å². The molecule has 1 aromatic rings. The van der Waals surface area contributed by atoms with Crippen molar-refractivity contribution in [1.82, 2.24) is 9.71 Å². The number of rotatable bonds is 6. The Labute approximate surface area is 122 Å². The molecule has 1 saturated carbocycles. The second-order valence-corrected chi connectivity index (χ2v) is 8.14. The number of hydrogen-bond donors (Lipinski definition) is 1. The monoisotopic (exact) mass is 318 g/mol. The molecular weight excluding hydrogens is 300 g/mol. The first kappa shape index (κ1) is 15.4. The van der Waals surface area contributed by atoms with E-state index in [9.17, 15) is 13.2 Å². The summed E-state index contributed by atoms with van der Waals surface area (Å²) in [5, 5.41) is 0. The fourth-order valence-corrected chi connectivity index (χ4v) is 4.40. The molecule has 8 heteroatoms. The average Bonchev–Trinajstić information content (AvgIpc) is 3.04. The van der Waals surface area contributed by atoms with Crippen LogP contribution in [0.5, 0.6) is 0 Å². The topological polar surface area (TPSA) is 85.4 Å². The zero-order valence-electron chi connectivity index (χ0n) is 11.7. The van der Waals surface area contributed by atoms with Crippen molar-refractivity contribution in [2.24, 2.45) is 11.3 Å². The van der Waals surface area contributed by atoms with Crippen LogP contribution in [0.2, 0.25) is 0 Å². The molecule has 0 saturated heterocycles. The van der Waals surface area contributed by atoms with Crippen molar-refractivity contribution in [3.63, 3.8) is 0 Å². The number of hydrogen-bond acceptors (Lipinski definition) is 6. The van der Waals surface area contributed by atoms with Crippen LogP contribution in [0.1, 0.15) is 37.2 Å². The number of thiazole rings is 1. The van der Waals surface area contributed by atoms with Gasteiger partial charge in [-0.05, 0) is 24.2 Å². The lowest BCUT2D eigenvalue weighted by Crippen LogP contribution is -2.33. The SMILES string of the molecule is COC(=O)c1ncsc1S(=O)(=O)NCC1(C(C)C)CC1. The van der Waals surface area contributed by atoms with Gasteiger partial charge in [0.1, 0.15) is 0 Å². The van der Waals surface area contributed by atoms with Crippen LogP contribution in [0, 0.1) is 11.3 Å². The van der Waals surface area contributed by atoms with Crippen LogP contribution in [0.4, 0.5) is 0 Å². The van der Waals surface area contributed by atoms with Crippen LogP contribution in [0.3, 0.4) is 0 Å². The van der Waals surface area contributed by atoms with E-state index in [1.807, 2.05) is 0 Å². The number of sulfonamides is 1. The fraction of sp³-hybridized carbons (Fsp3) is 0.667. The maximum Gasteiger partial charge on any atom is 0.358 e. The molecule has 0 bridgehead atoms. The summed E-state index contributed by atoms with van der Waals surface area (Å²) in [6.45, 7) is 4.58. The van der Waals surface area contributed by atoms with Crippen LogP contribution >= 0.6 is 11.3 Å². The standard InChI is InChI=1S/C12H18N2O4S2/c1-8(2)12(4-5-12)6-14-20(16,17)11-9(10(15)18-3)13-7-19-11/h7-8,14H,4-6H2,1-3H3. The lowest BCUT2D eigenvalue weighted by Gasteiger charge is -2.19. The van der Waals surface area contributed by atoms with Crippen LogP contribution in [-0.2, 0) is 14.8 Å². The molecule has 0 radical (unpaired) electrons. The summed E-state index contributed by atoms with van der Waals surface area (Å²) in [6, 6.07) is 0. The van der Waals surface area contributed by atoms with Crippen molar-refractivity contribution in [2.45, 2.75) is 30.9 Å². The quantitative estimate of drug-likeness (QED) is 0.806. The summed E-state index contributed by atoms with van der Waals surface area (Å²) in [5.74, 6) is -0.316. The highest BCUT2D eigenvalue weighted by Crippen LogP contribution is 2.51. The Morgan fingerprint density at radius 3 is 2.70 bits per heavy atom. The molecule has 6 nitrogen and oxygen atoms in total. The van der Waals surface area contributed by atoms with Gasteiger partial charge < -0.3 is 4.74 Å². The number of ether oxygens (including phenoxy) is 1. The molecule has 1 N–H and O–H groups in total. The molecule has 0 aromatic carbocycles. The molecule has 0 atom stereocenters. The smallest absolute Gasteiger partial charge is 0.358 e. The zero-order chi connectivity index (χ0) is 15.0.